The van der Waals surface area contributed by atoms with E-state index in [0.29, 0.717) is 18.9 Å². The number of ether oxygens (including phenoxy) is 3. The Kier molecular flexibility index (Phi) is 3.33. The molecule has 2 saturated heterocycles. The molecule has 0 aliphatic carbocycles. The van der Waals surface area contributed by atoms with Gasteiger partial charge in [-0.3, -0.25) is 9.59 Å². The number of carbonyl (C=O) groups is 2. The Balaban J connectivity index is 1.64. The zero-order valence-electron chi connectivity index (χ0n) is 13.9. The first-order valence-electron chi connectivity index (χ1n) is 8.07. The number of hydrogen-bond donors (Lipinski definition) is 1. The predicted octanol–water partition coefficient (Wildman–Crippen LogP) is 0.739. The predicted molar refractivity (Wildman–Crippen MR) is 84.8 cm³/mol. The Bertz CT molecular complexity index is 717. The number of amides is 2. The van der Waals surface area contributed by atoms with Gasteiger partial charge in [-0.1, -0.05) is 12.1 Å². The van der Waals surface area contributed by atoms with Gasteiger partial charge in [0, 0.05) is 0 Å². The second-order valence-corrected chi connectivity index (χ2v) is 6.77. The molecule has 0 spiro atoms. The molecule has 3 heterocycles. The monoisotopic (exact) mass is 332 g/mol. The fourth-order valence-corrected chi connectivity index (χ4v) is 3.55. The number of nitrogens with zero attached hydrogens (tertiary/aromatic N) is 1. The fourth-order valence-electron chi connectivity index (χ4n) is 3.55. The van der Waals surface area contributed by atoms with Crippen molar-refractivity contribution in [1.29, 1.82) is 0 Å². The van der Waals surface area contributed by atoms with Crippen LogP contribution in [0.1, 0.15) is 19.4 Å². The van der Waals surface area contributed by atoms with Crippen molar-refractivity contribution in [3.63, 3.8) is 0 Å². The van der Waals surface area contributed by atoms with E-state index in [0.717, 1.165) is 11.3 Å². The maximum absolute atomic E-state index is 13.1. The lowest BCUT2D eigenvalue weighted by atomic mass is 10.1. The van der Waals surface area contributed by atoms with E-state index in [1.165, 1.54) is 0 Å². The minimum atomic E-state index is -0.870. The third-order valence-corrected chi connectivity index (χ3v) is 4.59. The van der Waals surface area contributed by atoms with Crippen molar-refractivity contribution in [2.75, 3.05) is 18.1 Å². The third-order valence-electron chi connectivity index (χ3n) is 4.59. The second-order valence-electron chi connectivity index (χ2n) is 6.77. The van der Waals surface area contributed by atoms with Gasteiger partial charge >= 0.3 is 0 Å². The van der Waals surface area contributed by atoms with Crippen LogP contribution in [0.4, 0.5) is 5.69 Å². The first-order chi connectivity index (χ1) is 11.4. The van der Waals surface area contributed by atoms with E-state index in [4.69, 9.17) is 14.2 Å². The Hall–Kier alpha value is -2.12. The molecule has 128 valence electrons. The van der Waals surface area contributed by atoms with Crippen LogP contribution in [0, 0.1) is 6.92 Å². The van der Waals surface area contributed by atoms with Gasteiger partial charge in [-0.25, -0.2) is 0 Å². The molecule has 0 saturated carbocycles. The number of benzene rings is 1. The molecule has 1 aromatic carbocycles. The number of rotatable bonds is 1. The molecule has 24 heavy (non-hydrogen) atoms. The van der Waals surface area contributed by atoms with Crippen LogP contribution in [0.25, 0.3) is 0 Å². The van der Waals surface area contributed by atoms with E-state index >= 15 is 0 Å². The fraction of sp³-hybridized carbons (Fsp3) is 0.529. The summed E-state index contributed by atoms with van der Waals surface area (Å²) in [7, 11) is 0. The van der Waals surface area contributed by atoms with Crippen molar-refractivity contribution in [3.8, 4) is 5.75 Å². The highest BCUT2D eigenvalue weighted by atomic mass is 16.8. The van der Waals surface area contributed by atoms with Gasteiger partial charge < -0.3 is 24.4 Å². The van der Waals surface area contributed by atoms with E-state index in [9.17, 15) is 9.59 Å². The van der Waals surface area contributed by atoms with Crippen molar-refractivity contribution in [2.45, 2.75) is 44.8 Å². The first kappa shape index (κ1) is 15.4. The van der Waals surface area contributed by atoms with Gasteiger partial charge in [0.05, 0.1) is 12.2 Å². The van der Waals surface area contributed by atoms with Crippen molar-refractivity contribution in [1.82, 2.24) is 5.32 Å². The highest BCUT2D eigenvalue weighted by molar-refractivity contribution is 6.04. The highest BCUT2D eigenvalue weighted by Crippen LogP contribution is 2.38. The second kappa shape index (κ2) is 5.19. The van der Waals surface area contributed by atoms with Crippen LogP contribution in [0.15, 0.2) is 18.2 Å². The summed E-state index contributed by atoms with van der Waals surface area (Å²) >= 11 is 0. The van der Waals surface area contributed by atoms with Crippen LogP contribution in [0.2, 0.25) is 0 Å². The summed E-state index contributed by atoms with van der Waals surface area (Å²) in [5.41, 5.74) is 1.70. The highest BCUT2D eigenvalue weighted by Gasteiger charge is 2.57. The summed E-state index contributed by atoms with van der Waals surface area (Å²) in [5.74, 6) is -0.665. The molecular formula is C17H20N2O5. The van der Waals surface area contributed by atoms with Gasteiger partial charge in [0.1, 0.15) is 24.5 Å². The molecule has 0 unspecified atom stereocenters. The number of para-hydroxylation sites is 1. The van der Waals surface area contributed by atoms with E-state index in [1.807, 2.05) is 25.1 Å². The zero-order chi connectivity index (χ0) is 17.1. The molecule has 7 heteroatoms. The molecule has 0 radical (unpaired) electrons. The summed E-state index contributed by atoms with van der Waals surface area (Å²) in [5, 5.41) is 2.72. The number of nitrogens with one attached hydrogen (secondary N) is 1. The average molecular weight is 332 g/mol. The first-order valence-corrected chi connectivity index (χ1v) is 8.07. The van der Waals surface area contributed by atoms with Crippen LogP contribution < -0.4 is 15.0 Å². The number of aryl methyl sites for hydroxylation is 1. The van der Waals surface area contributed by atoms with E-state index in [2.05, 4.69) is 5.32 Å². The van der Waals surface area contributed by atoms with Crippen molar-refractivity contribution >= 4 is 17.5 Å². The van der Waals surface area contributed by atoms with E-state index in [-0.39, 0.29) is 11.8 Å². The molecule has 2 amide bonds. The molecule has 0 bridgehead atoms. The Morgan fingerprint density at radius 2 is 2.12 bits per heavy atom. The largest absolute Gasteiger partial charge is 0.489 e. The van der Waals surface area contributed by atoms with Crippen LogP contribution in [0.3, 0.4) is 0 Å². The van der Waals surface area contributed by atoms with Gasteiger partial charge in [-0.15, -0.1) is 0 Å². The Morgan fingerprint density at radius 1 is 1.33 bits per heavy atom. The van der Waals surface area contributed by atoms with Crippen molar-refractivity contribution < 1.29 is 23.8 Å². The van der Waals surface area contributed by atoms with Crippen LogP contribution >= 0.6 is 0 Å². The van der Waals surface area contributed by atoms with Gasteiger partial charge in [0.25, 0.3) is 11.8 Å². The number of hydrogen-bond acceptors (Lipinski definition) is 5. The normalized spacial score (nSPS) is 30.4. The summed E-state index contributed by atoms with van der Waals surface area (Å²) < 4.78 is 17.1. The maximum Gasteiger partial charge on any atom is 0.252 e. The molecule has 4 rings (SSSR count). The Morgan fingerprint density at radius 3 is 2.92 bits per heavy atom. The lowest BCUT2D eigenvalue weighted by Crippen LogP contribution is -2.52. The Labute approximate surface area is 139 Å². The van der Waals surface area contributed by atoms with Gasteiger partial charge in [0.15, 0.2) is 11.9 Å². The molecule has 1 aromatic rings. The molecule has 3 atom stereocenters. The lowest BCUT2D eigenvalue weighted by Gasteiger charge is -2.33. The third kappa shape index (κ3) is 2.27. The SMILES string of the molecule is Cc1cccc2c1OCCN2C(=O)[C@H]1NC(=O)[C@H]2OC(C)(C)O[C@@H]12. The smallest absolute Gasteiger partial charge is 0.252 e. The van der Waals surface area contributed by atoms with E-state index < -0.39 is 24.0 Å². The number of fused-ring (bicyclic) bond motifs is 2. The zero-order valence-corrected chi connectivity index (χ0v) is 13.9. The quantitative estimate of drug-likeness (QED) is 0.821. The van der Waals surface area contributed by atoms with Crippen LogP contribution in [-0.2, 0) is 19.1 Å². The standard InChI is InChI=1S/C17H20N2O5/c1-9-5-4-6-10-12(9)22-8-7-19(10)16(21)11-13-14(15(20)18-11)24-17(2,3)23-13/h4-6,11,13-14H,7-8H2,1-3H3,(H,18,20)/t11-,13-,14-/m0/s1. The lowest BCUT2D eigenvalue weighted by molar-refractivity contribution is -0.164. The molecule has 7 nitrogen and oxygen atoms in total. The minimum Gasteiger partial charge on any atom is -0.489 e. The van der Waals surface area contributed by atoms with Crippen molar-refractivity contribution in [3.05, 3.63) is 23.8 Å². The summed E-state index contributed by atoms with van der Waals surface area (Å²) in [6.45, 7) is 6.28. The van der Waals surface area contributed by atoms with Gasteiger partial charge in [-0.2, -0.15) is 0 Å². The summed E-state index contributed by atoms with van der Waals surface area (Å²) in [6.07, 6.45) is -1.36. The van der Waals surface area contributed by atoms with E-state index in [1.54, 1.807) is 18.7 Å². The van der Waals surface area contributed by atoms with Crippen molar-refractivity contribution in [2.24, 2.45) is 0 Å². The molecule has 1 N–H and O–H groups in total. The maximum atomic E-state index is 13.1. The van der Waals surface area contributed by atoms with Gasteiger partial charge in [0.2, 0.25) is 0 Å². The number of carbonyl (C=O) groups excluding carboxylic acids is 2. The van der Waals surface area contributed by atoms with Crippen LogP contribution in [0.5, 0.6) is 5.75 Å². The molecular weight excluding hydrogens is 312 g/mol. The number of anilines is 1. The average Bonchev–Trinajstić information content (AvgIpc) is 3.01. The summed E-state index contributed by atoms with van der Waals surface area (Å²) in [4.78, 5) is 26.9. The van der Waals surface area contributed by atoms with Gasteiger partial charge in [-0.05, 0) is 32.4 Å². The molecule has 2 fully saturated rings. The minimum absolute atomic E-state index is 0.202. The summed E-state index contributed by atoms with van der Waals surface area (Å²) in [6, 6.07) is 4.92. The molecule has 3 aliphatic heterocycles. The topological polar surface area (TPSA) is 77.1 Å². The molecule has 0 aromatic heterocycles. The molecule has 3 aliphatic rings. The van der Waals surface area contributed by atoms with Crippen LogP contribution in [-0.4, -0.2) is 49.0 Å².